The topological polar surface area (TPSA) is 36.4 Å². The van der Waals surface area contributed by atoms with Gasteiger partial charge in [0, 0.05) is 19.0 Å². The van der Waals surface area contributed by atoms with Crippen LogP contribution in [-0.4, -0.2) is 23.2 Å². The lowest BCUT2D eigenvalue weighted by atomic mass is 10.1. The van der Waals surface area contributed by atoms with E-state index in [-0.39, 0.29) is 6.61 Å². The molecule has 2 aliphatic rings. The maximum Gasteiger partial charge on any atom is 0.185 e. The number of piperidine rings is 1. The summed E-state index contributed by atoms with van der Waals surface area (Å²) in [5.41, 5.74) is 1.19. The highest BCUT2D eigenvalue weighted by Crippen LogP contribution is 2.44. The van der Waals surface area contributed by atoms with Crippen molar-refractivity contribution in [3.63, 3.8) is 0 Å². The average molecular weight is 238 g/mol. The molecule has 4 heteroatoms. The molecule has 1 aliphatic carbocycles. The molecule has 0 aromatic carbocycles. The molecule has 88 valence electrons. The molecule has 3 rings (SSSR count). The molecule has 0 unspecified atom stereocenters. The maximum atomic E-state index is 9.36. The molecule has 0 bridgehead atoms. The normalized spacial score (nSPS) is 21.4. The number of thiazole rings is 1. The van der Waals surface area contributed by atoms with E-state index in [2.05, 4.69) is 4.90 Å². The van der Waals surface area contributed by atoms with E-state index in [0.29, 0.717) is 5.92 Å². The highest BCUT2D eigenvalue weighted by Gasteiger charge is 2.30. The van der Waals surface area contributed by atoms with Gasteiger partial charge in [-0.1, -0.05) is 11.3 Å². The van der Waals surface area contributed by atoms with Gasteiger partial charge in [0.15, 0.2) is 5.13 Å². The van der Waals surface area contributed by atoms with Gasteiger partial charge in [-0.05, 0) is 32.1 Å². The molecule has 0 radical (unpaired) electrons. The van der Waals surface area contributed by atoms with Crippen LogP contribution >= 0.6 is 11.3 Å². The Labute approximate surface area is 100 Å². The van der Waals surface area contributed by atoms with Crippen LogP contribution in [0.25, 0.3) is 0 Å². The van der Waals surface area contributed by atoms with Crippen molar-refractivity contribution in [2.24, 2.45) is 0 Å². The Bertz CT molecular complexity index is 367. The minimum Gasteiger partial charge on any atom is -0.391 e. The molecule has 1 aliphatic heterocycles. The summed E-state index contributed by atoms with van der Waals surface area (Å²) < 4.78 is 0. The maximum absolute atomic E-state index is 9.36. The van der Waals surface area contributed by atoms with E-state index < -0.39 is 0 Å². The first-order valence-corrected chi connectivity index (χ1v) is 7.05. The molecule has 1 N–H and O–H groups in total. The third-order valence-electron chi connectivity index (χ3n) is 3.45. The average Bonchev–Trinajstić information content (AvgIpc) is 3.10. The Morgan fingerprint density at radius 3 is 2.62 bits per heavy atom. The summed E-state index contributed by atoms with van der Waals surface area (Å²) >= 11 is 1.70. The number of hydrogen-bond acceptors (Lipinski definition) is 4. The summed E-state index contributed by atoms with van der Waals surface area (Å²) in [6.45, 7) is 2.45. The van der Waals surface area contributed by atoms with Crippen LogP contribution in [-0.2, 0) is 6.61 Å². The minimum atomic E-state index is 0.164. The van der Waals surface area contributed by atoms with Crippen LogP contribution in [0, 0.1) is 0 Å². The Hall–Kier alpha value is -0.610. The van der Waals surface area contributed by atoms with Gasteiger partial charge in [0.25, 0.3) is 0 Å². The lowest BCUT2D eigenvalue weighted by Gasteiger charge is -2.25. The van der Waals surface area contributed by atoms with Gasteiger partial charge in [-0.3, -0.25) is 0 Å². The fraction of sp³-hybridized carbons (Fsp3) is 0.750. The van der Waals surface area contributed by atoms with Crippen molar-refractivity contribution in [1.29, 1.82) is 0 Å². The fourth-order valence-corrected chi connectivity index (χ4v) is 3.42. The van der Waals surface area contributed by atoms with E-state index in [1.807, 2.05) is 0 Å². The number of rotatable bonds is 3. The van der Waals surface area contributed by atoms with Crippen LogP contribution in [0.3, 0.4) is 0 Å². The molecule has 2 fully saturated rings. The van der Waals surface area contributed by atoms with Crippen molar-refractivity contribution in [3.05, 3.63) is 10.6 Å². The third-order valence-corrected chi connectivity index (χ3v) is 4.57. The van der Waals surface area contributed by atoms with Gasteiger partial charge < -0.3 is 10.0 Å². The van der Waals surface area contributed by atoms with E-state index >= 15 is 0 Å². The molecule has 16 heavy (non-hydrogen) atoms. The van der Waals surface area contributed by atoms with Crippen molar-refractivity contribution in [2.45, 2.75) is 44.6 Å². The molecule has 3 nitrogen and oxygen atoms in total. The van der Waals surface area contributed by atoms with Gasteiger partial charge in [0.05, 0.1) is 17.2 Å². The van der Waals surface area contributed by atoms with Crippen LogP contribution in [0.1, 0.15) is 48.6 Å². The van der Waals surface area contributed by atoms with Gasteiger partial charge in [0.1, 0.15) is 0 Å². The zero-order valence-corrected chi connectivity index (χ0v) is 10.3. The van der Waals surface area contributed by atoms with E-state index in [1.165, 1.54) is 37.8 Å². The molecule has 0 atom stereocenters. The second-order valence-corrected chi connectivity index (χ2v) is 5.85. The second kappa shape index (κ2) is 4.34. The molecule has 0 spiro atoms. The third kappa shape index (κ3) is 1.96. The minimum absolute atomic E-state index is 0.164. The molecular formula is C12H18N2OS. The first-order chi connectivity index (χ1) is 7.88. The Morgan fingerprint density at radius 1 is 1.25 bits per heavy atom. The summed E-state index contributed by atoms with van der Waals surface area (Å²) in [6, 6.07) is 0. The van der Waals surface area contributed by atoms with Crippen molar-refractivity contribution < 1.29 is 5.11 Å². The first kappa shape index (κ1) is 10.5. The van der Waals surface area contributed by atoms with Crippen LogP contribution in [0.5, 0.6) is 0 Å². The quantitative estimate of drug-likeness (QED) is 0.879. The zero-order chi connectivity index (χ0) is 11.0. The van der Waals surface area contributed by atoms with Crippen molar-refractivity contribution in [1.82, 2.24) is 4.98 Å². The van der Waals surface area contributed by atoms with Gasteiger partial charge >= 0.3 is 0 Å². The summed E-state index contributed by atoms with van der Waals surface area (Å²) in [5, 5.41) is 10.5. The smallest absolute Gasteiger partial charge is 0.185 e. The predicted molar refractivity (Wildman–Crippen MR) is 66.1 cm³/mol. The van der Waals surface area contributed by atoms with Gasteiger partial charge in [-0.15, -0.1) is 0 Å². The number of nitrogens with zero attached hydrogens (tertiary/aromatic N) is 2. The van der Waals surface area contributed by atoms with Crippen LogP contribution in [0.2, 0.25) is 0 Å². The van der Waals surface area contributed by atoms with Crippen molar-refractivity contribution in [2.75, 3.05) is 18.0 Å². The Balaban J connectivity index is 1.83. The largest absolute Gasteiger partial charge is 0.391 e. The molecule has 1 aromatic rings. The SMILES string of the molecule is OCc1sc(N2CCCCC2)nc1C1CC1. The number of aromatic nitrogens is 1. The number of aliphatic hydroxyl groups excluding tert-OH is 1. The summed E-state index contributed by atoms with van der Waals surface area (Å²) in [6.07, 6.45) is 6.44. The number of anilines is 1. The first-order valence-electron chi connectivity index (χ1n) is 6.24. The lowest BCUT2D eigenvalue weighted by Crippen LogP contribution is -2.29. The molecule has 1 aromatic heterocycles. The molecule has 0 amide bonds. The van der Waals surface area contributed by atoms with Crippen LogP contribution in [0.4, 0.5) is 5.13 Å². The highest BCUT2D eigenvalue weighted by atomic mass is 32.1. The van der Waals surface area contributed by atoms with E-state index in [0.717, 1.165) is 23.1 Å². The Kier molecular flexibility index (Phi) is 2.86. The number of hydrogen-bond donors (Lipinski definition) is 1. The van der Waals surface area contributed by atoms with Gasteiger partial charge in [-0.2, -0.15) is 0 Å². The van der Waals surface area contributed by atoms with E-state index in [4.69, 9.17) is 4.98 Å². The Morgan fingerprint density at radius 2 is 2.00 bits per heavy atom. The highest BCUT2D eigenvalue weighted by molar-refractivity contribution is 7.15. The van der Waals surface area contributed by atoms with Crippen molar-refractivity contribution >= 4 is 16.5 Å². The van der Waals surface area contributed by atoms with Crippen LogP contribution in [0.15, 0.2) is 0 Å². The predicted octanol–water partition coefficient (Wildman–Crippen LogP) is 2.50. The van der Waals surface area contributed by atoms with E-state index in [1.54, 1.807) is 11.3 Å². The molecule has 1 saturated carbocycles. The van der Waals surface area contributed by atoms with E-state index in [9.17, 15) is 5.11 Å². The fourth-order valence-electron chi connectivity index (χ4n) is 2.36. The van der Waals surface area contributed by atoms with Gasteiger partial charge in [0.2, 0.25) is 0 Å². The zero-order valence-electron chi connectivity index (χ0n) is 9.48. The second-order valence-electron chi connectivity index (χ2n) is 4.78. The lowest BCUT2D eigenvalue weighted by molar-refractivity contribution is 0.284. The summed E-state index contributed by atoms with van der Waals surface area (Å²) in [7, 11) is 0. The molecule has 2 heterocycles. The molecular weight excluding hydrogens is 220 g/mol. The summed E-state index contributed by atoms with van der Waals surface area (Å²) in [4.78, 5) is 8.24. The van der Waals surface area contributed by atoms with Crippen LogP contribution < -0.4 is 4.90 Å². The van der Waals surface area contributed by atoms with Crippen molar-refractivity contribution in [3.8, 4) is 0 Å². The summed E-state index contributed by atoms with van der Waals surface area (Å²) in [5.74, 6) is 0.650. The molecule has 1 saturated heterocycles. The monoisotopic (exact) mass is 238 g/mol. The van der Waals surface area contributed by atoms with Gasteiger partial charge in [-0.25, -0.2) is 4.98 Å². The standard InChI is InChI=1S/C12H18N2OS/c15-8-10-11(9-4-5-9)13-12(16-10)14-6-2-1-3-7-14/h9,15H,1-8H2. The number of aliphatic hydroxyl groups is 1.